The normalized spacial score (nSPS) is 31.9. The molecule has 0 amide bonds. The minimum absolute atomic E-state index is 0.0696. The fourth-order valence-electron chi connectivity index (χ4n) is 1.54. The van der Waals surface area contributed by atoms with Crippen LogP contribution in [0.2, 0.25) is 0 Å². The van der Waals surface area contributed by atoms with Crippen molar-refractivity contribution in [1.82, 2.24) is 5.32 Å². The van der Waals surface area contributed by atoms with E-state index in [0.717, 1.165) is 6.42 Å². The molecule has 1 N–H and O–H groups in total. The Bertz CT molecular complexity index is 236. The highest BCUT2D eigenvalue weighted by molar-refractivity contribution is 7.55. The van der Waals surface area contributed by atoms with Gasteiger partial charge >= 0.3 is 7.60 Å². The molecule has 14 heavy (non-hydrogen) atoms. The lowest BCUT2D eigenvalue weighted by Crippen LogP contribution is -2.11. The summed E-state index contributed by atoms with van der Waals surface area (Å²) >= 11 is 0. The van der Waals surface area contributed by atoms with Gasteiger partial charge in [-0.1, -0.05) is 6.92 Å². The quantitative estimate of drug-likeness (QED) is 0.552. The van der Waals surface area contributed by atoms with Crippen LogP contribution in [-0.4, -0.2) is 24.5 Å². The molecule has 0 unspecified atom stereocenters. The summed E-state index contributed by atoms with van der Waals surface area (Å²) in [7, 11) is -2.93. The summed E-state index contributed by atoms with van der Waals surface area (Å²) in [5, 5.41) is 3.19. The van der Waals surface area contributed by atoms with Gasteiger partial charge in [-0.05, 0) is 27.2 Å². The van der Waals surface area contributed by atoms with Gasteiger partial charge in [-0.3, -0.25) is 9.88 Å². The summed E-state index contributed by atoms with van der Waals surface area (Å²) in [6.07, 6.45) is 0.932. The summed E-state index contributed by atoms with van der Waals surface area (Å²) in [4.78, 5) is 0. The average Bonchev–Trinajstić information content (AvgIpc) is 2.81. The fourth-order valence-corrected chi connectivity index (χ4v) is 3.97. The van der Waals surface area contributed by atoms with Crippen molar-refractivity contribution >= 4 is 7.60 Å². The molecule has 0 bridgehead atoms. The Morgan fingerprint density at radius 3 is 2.07 bits per heavy atom. The minimum atomic E-state index is -2.93. The predicted molar refractivity (Wildman–Crippen MR) is 56.5 cm³/mol. The Morgan fingerprint density at radius 1 is 1.29 bits per heavy atom. The molecule has 1 fully saturated rings. The van der Waals surface area contributed by atoms with Crippen LogP contribution in [0, 0.1) is 0 Å². The van der Waals surface area contributed by atoms with E-state index in [-0.39, 0.29) is 11.3 Å². The maximum Gasteiger partial charge on any atom is 0.349 e. The molecule has 0 saturated carbocycles. The lowest BCUT2D eigenvalue weighted by atomic mass is 10.1. The first-order valence-electron chi connectivity index (χ1n) is 5.19. The Hall–Kier alpha value is 0.110. The van der Waals surface area contributed by atoms with Crippen LogP contribution in [0.4, 0.5) is 0 Å². The van der Waals surface area contributed by atoms with Gasteiger partial charge in [0.15, 0.2) is 0 Å². The van der Waals surface area contributed by atoms with Gasteiger partial charge in [0.25, 0.3) is 0 Å². The molecule has 4 nitrogen and oxygen atoms in total. The van der Waals surface area contributed by atoms with Gasteiger partial charge in [-0.2, -0.15) is 0 Å². The number of hydrogen-bond donors (Lipinski definition) is 1. The van der Waals surface area contributed by atoms with Crippen molar-refractivity contribution in [2.45, 2.75) is 45.4 Å². The van der Waals surface area contributed by atoms with Crippen molar-refractivity contribution < 1.29 is 13.6 Å². The molecule has 1 saturated heterocycles. The first kappa shape index (κ1) is 12.2. The molecular weight excluding hydrogens is 201 g/mol. The van der Waals surface area contributed by atoms with Crippen LogP contribution >= 0.6 is 7.60 Å². The van der Waals surface area contributed by atoms with E-state index in [0.29, 0.717) is 13.2 Å². The Balaban J connectivity index is 2.66. The van der Waals surface area contributed by atoms with Crippen LogP contribution < -0.4 is 5.32 Å². The van der Waals surface area contributed by atoms with Crippen LogP contribution in [0.3, 0.4) is 0 Å². The molecule has 1 aliphatic rings. The van der Waals surface area contributed by atoms with E-state index in [1.807, 2.05) is 20.8 Å². The monoisotopic (exact) mass is 221 g/mol. The van der Waals surface area contributed by atoms with E-state index in [4.69, 9.17) is 9.05 Å². The van der Waals surface area contributed by atoms with Crippen molar-refractivity contribution in [3.05, 3.63) is 0 Å². The summed E-state index contributed by atoms with van der Waals surface area (Å²) in [6, 6.07) is 0. The third-order valence-corrected chi connectivity index (χ3v) is 5.22. The molecule has 0 aromatic rings. The predicted octanol–water partition coefficient (Wildman–Crippen LogP) is 2.35. The van der Waals surface area contributed by atoms with E-state index in [1.165, 1.54) is 0 Å². The second-order valence-corrected chi connectivity index (χ2v) is 5.81. The highest BCUT2D eigenvalue weighted by Gasteiger charge is 2.60. The first-order valence-corrected chi connectivity index (χ1v) is 6.80. The Morgan fingerprint density at radius 2 is 1.79 bits per heavy atom. The second-order valence-electron chi connectivity index (χ2n) is 3.69. The topological polar surface area (TPSA) is 57.5 Å². The fraction of sp³-hybridized carbons (Fsp3) is 1.00. The van der Waals surface area contributed by atoms with Gasteiger partial charge in [0.2, 0.25) is 0 Å². The molecule has 0 spiro atoms. The van der Waals surface area contributed by atoms with Crippen molar-refractivity contribution in [2.75, 3.05) is 13.2 Å². The molecule has 2 atom stereocenters. The molecule has 0 aromatic heterocycles. The van der Waals surface area contributed by atoms with E-state index < -0.39 is 7.60 Å². The van der Waals surface area contributed by atoms with E-state index in [1.54, 1.807) is 0 Å². The van der Waals surface area contributed by atoms with Gasteiger partial charge in [0, 0.05) is 5.54 Å². The number of nitrogens with one attached hydrogen (secondary N) is 1. The highest BCUT2D eigenvalue weighted by atomic mass is 31.2. The smallest absolute Gasteiger partial charge is 0.308 e. The van der Waals surface area contributed by atoms with Crippen molar-refractivity contribution in [1.29, 1.82) is 0 Å². The minimum Gasteiger partial charge on any atom is -0.308 e. The van der Waals surface area contributed by atoms with E-state index in [9.17, 15) is 4.57 Å². The van der Waals surface area contributed by atoms with Gasteiger partial charge < -0.3 is 9.05 Å². The van der Waals surface area contributed by atoms with Crippen molar-refractivity contribution in [2.24, 2.45) is 0 Å². The summed E-state index contributed by atoms with van der Waals surface area (Å²) in [5.41, 5.74) is -0.0696. The molecule has 5 heteroatoms. The summed E-state index contributed by atoms with van der Waals surface area (Å²) in [5.74, 6) is -0.125. The zero-order chi connectivity index (χ0) is 10.8. The Labute approximate surface area is 85.9 Å². The summed E-state index contributed by atoms with van der Waals surface area (Å²) in [6.45, 7) is 8.62. The molecule has 0 aliphatic carbocycles. The van der Waals surface area contributed by atoms with Crippen LogP contribution in [0.5, 0.6) is 0 Å². The highest BCUT2D eigenvalue weighted by Crippen LogP contribution is 2.62. The number of hydrogen-bond acceptors (Lipinski definition) is 4. The lowest BCUT2D eigenvalue weighted by molar-refractivity contribution is 0.217. The lowest BCUT2D eigenvalue weighted by Gasteiger charge is -2.17. The zero-order valence-electron chi connectivity index (χ0n) is 9.37. The van der Waals surface area contributed by atoms with E-state index in [2.05, 4.69) is 12.2 Å². The average molecular weight is 221 g/mol. The van der Waals surface area contributed by atoms with Gasteiger partial charge in [0.1, 0.15) is 5.78 Å². The van der Waals surface area contributed by atoms with Crippen LogP contribution in [-0.2, 0) is 13.6 Å². The molecule has 1 heterocycles. The van der Waals surface area contributed by atoms with Crippen LogP contribution in [0.25, 0.3) is 0 Å². The maximum atomic E-state index is 12.2. The Kier molecular flexibility index (Phi) is 3.75. The first-order chi connectivity index (χ1) is 6.52. The molecule has 0 radical (unpaired) electrons. The molecule has 0 aromatic carbocycles. The van der Waals surface area contributed by atoms with Crippen LogP contribution in [0.1, 0.15) is 34.1 Å². The van der Waals surface area contributed by atoms with Crippen LogP contribution in [0.15, 0.2) is 0 Å². The van der Waals surface area contributed by atoms with Gasteiger partial charge in [0.05, 0.1) is 13.2 Å². The molecule has 1 aliphatic heterocycles. The molecule has 1 rings (SSSR count). The molecular formula is C9H20NO3P. The van der Waals surface area contributed by atoms with Crippen molar-refractivity contribution in [3.8, 4) is 0 Å². The zero-order valence-corrected chi connectivity index (χ0v) is 10.3. The molecule has 84 valence electrons. The summed E-state index contributed by atoms with van der Waals surface area (Å²) < 4.78 is 22.8. The van der Waals surface area contributed by atoms with E-state index >= 15 is 0 Å². The van der Waals surface area contributed by atoms with Crippen molar-refractivity contribution in [3.63, 3.8) is 0 Å². The SMILES string of the molecule is CCOP(=O)(OCC)[C@@H]1N[C@@]1(C)CC. The largest absolute Gasteiger partial charge is 0.349 e. The number of rotatable bonds is 6. The third-order valence-electron chi connectivity index (χ3n) is 2.66. The maximum absolute atomic E-state index is 12.2. The third kappa shape index (κ3) is 2.19. The van der Waals surface area contributed by atoms with Gasteiger partial charge in [-0.15, -0.1) is 0 Å². The van der Waals surface area contributed by atoms with Gasteiger partial charge in [-0.25, -0.2) is 0 Å². The second kappa shape index (κ2) is 4.31. The standard InChI is InChI=1S/C9H20NO3P/c1-5-9(4)8(10-9)14(11,12-6-2)13-7-3/h8,10H,5-7H2,1-4H3/t8-,9-/m0/s1.